The second-order valence-electron chi connectivity index (χ2n) is 9.35. The van der Waals surface area contributed by atoms with Crippen LogP contribution in [0.15, 0.2) is 59.4 Å². The van der Waals surface area contributed by atoms with E-state index in [0.29, 0.717) is 5.02 Å². The molecule has 2 unspecified atom stereocenters. The van der Waals surface area contributed by atoms with Crippen molar-refractivity contribution >= 4 is 56.6 Å². The van der Waals surface area contributed by atoms with Gasteiger partial charge in [-0.3, -0.25) is 14.5 Å². The molecule has 2 aliphatic rings. The van der Waals surface area contributed by atoms with Gasteiger partial charge in [-0.25, -0.2) is 12.7 Å². The quantitative estimate of drug-likeness (QED) is 0.587. The Labute approximate surface area is 225 Å². The highest BCUT2D eigenvalue weighted by Crippen LogP contribution is 2.38. The fraction of sp³-hybridized carbons (Fsp3) is 0.333. The lowest BCUT2D eigenvalue weighted by molar-refractivity contribution is -0.152. The summed E-state index contributed by atoms with van der Waals surface area (Å²) in [5, 5.41) is 0.726. The molecular formula is C24H25Cl3N4O4S. The van der Waals surface area contributed by atoms with E-state index in [9.17, 15) is 18.0 Å². The minimum absolute atomic E-state index is 0.0289. The molecule has 12 heteroatoms. The van der Waals surface area contributed by atoms with Gasteiger partial charge in [0.1, 0.15) is 22.3 Å². The number of amides is 2. The number of hydrogen-bond donors (Lipinski definition) is 1. The molecular weight excluding hydrogens is 547 g/mol. The van der Waals surface area contributed by atoms with E-state index in [1.54, 1.807) is 38.1 Å². The molecule has 2 aromatic rings. The molecule has 0 aliphatic carbocycles. The molecule has 2 heterocycles. The number of nitrogens with two attached hydrogens (primary N) is 1. The highest BCUT2D eigenvalue weighted by Gasteiger charge is 2.53. The van der Waals surface area contributed by atoms with E-state index in [-0.39, 0.29) is 45.7 Å². The molecule has 4 rings (SSSR count). The number of halogens is 3. The number of sulfonamides is 1. The average molecular weight is 572 g/mol. The minimum atomic E-state index is -4.30. The van der Waals surface area contributed by atoms with Crippen molar-refractivity contribution in [3.8, 4) is 0 Å². The Balaban J connectivity index is 1.88. The molecule has 2 amide bonds. The van der Waals surface area contributed by atoms with Gasteiger partial charge in [0.2, 0.25) is 5.91 Å². The van der Waals surface area contributed by atoms with E-state index in [1.165, 1.54) is 41.1 Å². The van der Waals surface area contributed by atoms with E-state index in [1.807, 2.05) is 0 Å². The Bertz CT molecular complexity index is 1360. The van der Waals surface area contributed by atoms with Crippen molar-refractivity contribution in [2.45, 2.75) is 49.7 Å². The van der Waals surface area contributed by atoms with Gasteiger partial charge in [0.15, 0.2) is 0 Å². The van der Waals surface area contributed by atoms with Gasteiger partial charge in [-0.2, -0.15) is 0 Å². The standard InChI is InChI=1S/C24H25Cl3N4O4S/c1-14(2)29-12-21-30(36(34,35)20-9-8-17(26)11-18(20)27)13-24(3,28)23(33)31(21)19(22(29)32)10-15-4-6-16(25)7-5-15/h4-9,11-12,14,19H,10,13,28H2,1-3H3. The molecule has 0 saturated carbocycles. The van der Waals surface area contributed by atoms with Crippen LogP contribution >= 0.6 is 34.8 Å². The molecule has 0 aromatic heterocycles. The third-order valence-electron chi connectivity index (χ3n) is 6.15. The van der Waals surface area contributed by atoms with Crippen LogP contribution in [-0.2, 0) is 26.0 Å². The maximum atomic E-state index is 13.9. The molecule has 2 N–H and O–H groups in total. The maximum Gasteiger partial charge on any atom is 0.267 e. The average Bonchev–Trinajstić information content (AvgIpc) is 2.78. The Morgan fingerprint density at radius 2 is 1.67 bits per heavy atom. The van der Waals surface area contributed by atoms with Crippen LogP contribution in [0.3, 0.4) is 0 Å². The highest BCUT2D eigenvalue weighted by molar-refractivity contribution is 7.89. The van der Waals surface area contributed by atoms with Crippen LogP contribution in [-0.4, -0.2) is 58.5 Å². The Hall–Kier alpha value is -2.30. The third-order valence-corrected chi connectivity index (χ3v) is 8.87. The van der Waals surface area contributed by atoms with Gasteiger partial charge in [-0.1, -0.05) is 46.9 Å². The predicted molar refractivity (Wildman–Crippen MR) is 139 cm³/mol. The smallest absolute Gasteiger partial charge is 0.267 e. The van der Waals surface area contributed by atoms with Gasteiger partial charge in [0, 0.05) is 28.7 Å². The fourth-order valence-corrected chi connectivity index (χ4v) is 6.71. The molecule has 0 radical (unpaired) electrons. The molecule has 1 fully saturated rings. The first-order valence-corrected chi connectivity index (χ1v) is 13.7. The molecule has 2 aliphatic heterocycles. The summed E-state index contributed by atoms with van der Waals surface area (Å²) >= 11 is 18.2. The van der Waals surface area contributed by atoms with Crippen LogP contribution in [0.2, 0.25) is 15.1 Å². The van der Waals surface area contributed by atoms with Crippen LogP contribution in [0.4, 0.5) is 0 Å². The molecule has 0 spiro atoms. The number of carbonyl (C=O) groups is 2. The molecule has 2 atom stereocenters. The van der Waals surface area contributed by atoms with Crippen molar-refractivity contribution < 1.29 is 18.0 Å². The van der Waals surface area contributed by atoms with E-state index in [4.69, 9.17) is 40.5 Å². The summed E-state index contributed by atoms with van der Waals surface area (Å²) in [6, 6.07) is 9.60. The molecule has 1 saturated heterocycles. The summed E-state index contributed by atoms with van der Waals surface area (Å²) in [6.45, 7) is 4.70. The SMILES string of the molecule is CC(C)N1C=C2N(C(=O)C(C)(N)CN2S(=O)(=O)c2ccc(Cl)cc2Cl)C(Cc2ccc(Cl)cc2)C1=O. The number of fused-ring (bicyclic) bond motifs is 1. The molecule has 2 aromatic carbocycles. The van der Waals surface area contributed by atoms with Gasteiger partial charge in [-0.15, -0.1) is 0 Å². The first kappa shape index (κ1) is 26.8. The Morgan fingerprint density at radius 3 is 2.25 bits per heavy atom. The van der Waals surface area contributed by atoms with Crippen molar-refractivity contribution in [2.75, 3.05) is 6.54 Å². The second kappa shape index (κ2) is 9.54. The Kier molecular flexibility index (Phi) is 7.09. The van der Waals surface area contributed by atoms with Crippen LogP contribution in [0.25, 0.3) is 0 Å². The van der Waals surface area contributed by atoms with Crippen molar-refractivity contribution in [1.29, 1.82) is 0 Å². The summed E-state index contributed by atoms with van der Waals surface area (Å²) < 4.78 is 28.8. The van der Waals surface area contributed by atoms with Crippen LogP contribution in [0.1, 0.15) is 26.3 Å². The van der Waals surface area contributed by atoms with Crippen LogP contribution < -0.4 is 5.73 Å². The topological polar surface area (TPSA) is 104 Å². The number of benzene rings is 2. The van der Waals surface area contributed by atoms with E-state index >= 15 is 0 Å². The summed E-state index contributed by atoms with van der Waals surface area (Å²) in [4.78, 5) is 29.6. The summed E-state index contributed by atoms with van der Waals surface area (Å²) in [6.07, 6.45) is 1.52. The summed E-state index contributed by atoms with van der Waals surface area (Å²) in [7, 11) is -4.30. The molecule has 36 heavy (non-hydrogen) atoms. The molecule has 8 nitrogen and oxygen atoms in total. The lowest BCUT2D eigenvalue weighted by Crippen LogP contribution is -2.71. The number of hydrogen-bond acceptors (Lipinski definition) is 5. The number of carbonyl (C=O) groups excluding carboxylic acids is 2. The van der Waals surface area contributed by atoms with Crippen molar-refractivity contribution in [3.05, 3.63) is 75.1 Å². The first-order valence-electron chi connectivity index (χ1n) is 11.1. The normalized spacial score (nSPS) is 22.7. The summed E-state index contributed by atoms with van der Waals surface area (Å²) in [5.41, 5.74) is 5.49. The largest absolute Gasteiger partial charge is 0.316 e. The van der Waals surface area contributed by atoms with Crippen molar-refractivity contribution in [2.24, 2.45) is 5.73 Å². The second-order valence-corrected chi connectivity index (χ2v) is 12.5. The van der Waals surface area contributed by atoms with Crippen LogP contribution in [0.5, 0.6) is 0 Å². The zero-order valence-corrected chi connectivity index (χ0v) is 22.9. The molecule has 192 valence electrons. The minimum Gasteiger partial charge on any atom is -0.316 e. The lowest BCUT2D eigenvalue weighted by Gasteiger charge is -2.51. The van der Waals surface area contributed by atoms with E-state index in [2.05, 4.69) is 0 Å². The van der Waals surface area contributed by atoms with Crippen molar-refractivity contribution in [3.63, 3.8) is 0 Å². The zero-order chi connectivity index (χ0) is 26.6. The Morgan fingerprint density at radius 1 is 1.06 bits per heavy atom. The number of rotatable bonds is 5. The lowest BCUT2D eigenvalue weighted by atomic mass is 9.94. The van der Waals surface area contributed by atoms with Crippen molar-refractivity contribution in [1.82, 2.24) is 14.1 Å². The van der Waals surface area contributed by atoms with Gasteiger partial charge in [-0.05, 0) is 56.7 Å². The van der Waals surface area contributed by atoms with Gasteiger partial charge >= 0.3 is 0 Å². The highest BCUT2D eigenvalue weighted by atomic mass is 35.5. The number of nitrogens with zero attached hydrogens (tertiary/aromatic N) is 3. The fourth-order valence-electron chi connectivity index (χ4n) is 4.28. The molecule has 0 bridgehead atoms. The van der Waals surface area contributed by atoms with E-state index < -0.39 is 27.5 Å². The predicted octanol–water partition coefficient (Wildman–Crippen LogP) is 3.86. The summed E-state index contributed by atoms with van der Waals surface area (Å²) in [5.74, 6) is -0.879. The van der Waals surface area contributed by atoms with E-state index in [0.717, 1.165) is 9.87 Å². The van der Waals surface area contributed by atoms with Gasteiger partial charge < -0.3 is 10.6 Å². The maximum absolute atomic E-state index is 13.9. The first-order chi connectivity index (χ1) is 16.7. The monoisotopic (exact) mass is 570 g/mol. The van der Waals surface area contributed by atoms with Gasteiger partial charge in [0.05, 0.1) is 11.6 Å². The zero-order valence-electron chi connectivity index (χ0n) is 19.8. The van der Waals surface area contributed by atoms with Crippen LogP contribution in [0, 0.1) is 0 Å². The third kappa shape index (κ3) is 4.70. The van der Waals surface area contributed by atoms with Gasteiger partial charge in [0.25, 0.3) is 15.9 Å².